The maximum Gasteiger partial charge on any atom is 0.325 e. The van der Waals surface area contributed by atoms with Crippen molar-refractivity contribution in [3.8, 4) is 0 Å². The van der Waals surface area contributed by atoms with Gasteiger partial charge in [0.2, 0.25) is 11.8 Å². The Hall–Kier alpha value is -1.92. The molecule has 1 aliphatic heterocycles. The Bertz CT molecular complexity index is 503. The summed E-state index contributed by atoms with van der Waals surface area (Å²) in [6, 6.07) is 0.140. The van der Waals surface area contributed by atoms with Gasteiger partial charge in [0.05, 0.1) is 13.0 Å². The summed E-state index contributed by atoms with van der Waals surface area (Å²) in [5, 5.41) is 7.80. The van der Waals surface area contributed by atoms with Gasteiger partial charge in [-0.25, -0.2) is 0 Å². The number of methoxy groups -OCH3 is 1. The van der Waals surface area contributed by atoms with Crippen molar-refractivity contribution in [2.24, 2.45) is 5.92 Å². The Morgan fingerprint density at radius 3 is 2.63 bits per heavy atom. The largest absolute Gasteiger partial charge is 0.469 e. The highest BCUT2D eigenvalue weighted by molar-refractivity contribution is 5.97. The van der Waals surface area contributed by atoms with Gasteiger partial charge in [0.15, 0.2) is 0 Å². The van der Waals surface area contributed by atoms with Gasteiger partial charge >= 0.3 is 12.0 Å². The third-order valence-electron chi connectivity index (χ3n) is 2.95. The van der Waals surface area contributed by atoms with E-state index in [1.54, 1.807) is 0 Å². The van der Waals surface area contributed by atoms with E-state index < -0.39 is 11.9 Å². The maximum absolute atomic E-state index is 11.9. The summed E-state index contributed by atoms with van der Waals surface area (Å²) in [4.78, 5) is 24.6. The van der Waals surface area contributed by atoms with E-state index in [4.69, 9.17) is 4.42 Å². The first kappa shape index (κ1) is 13.5. The number of esters is 1. The van der Waals surface area contributed by atoms with Crippen LogP contribution in [0.2, 0.25) is 0 Å². The van der Waals surface area contributed by atoms with E-state index in [9.17, 15) is 9.59 Å². The van der Waals surface area contributed by atoms with Gasteiger partial charge in [0.25, 0.3) is 0 Å². The molecule has 2 heterocycles. The van der Waals surface area contributed by atoms with Gasteiger partial charge in [-0.2, -0.15) is 0 Å². The molecular weight excluding hydrogens is 250 g/mol. The highest BCUT2D eigenvalue weighted by atomic mass is 16.5. The molecule has 1 fully saturated rings. The van der Waals surface area contributed by atoms with Gasteiger partial charge in [-0.3, -0.25) is 14.5 Å². The van der Waals surface area contributed by atoms with Crippen molar-refractivity contribution in [2.75, 3.05) is 18.6 Å². The third kappa shape index (κ3) is 2.59. The zero-order valence-electron chi connectivity index (χ0n) is 11.5. The van der Waals surface area contributed by atoms with Crippen LogP contribution in [0.4, 0.5) is 6.01 Å². The first-order valence-corrected chi connectivity index (χ1v) is 6.05. The van der Waals surface area contributed by atoms with Crippen LogP contribution >= 0.6 is 0 Å². The monoisotopic (exact) mass is 267 g/mol. The fourth-order valence-electron chi connectivity index (χ4n) is 1.84. The number of amides is 1. The minimum atomic E-state index is -0.470. The van der Waals surface area contributed by atoms with Gasteiger partial charge in [-0.05, 0) is 0 Å². The Labute approximate surface area is 110 Å². The lowest BCUT2D eigenvalue weighted by molar-refractivity contribution is -0.145. The van der Waals surface area contributed by atoms with E-state index in [0.29, 0.717) is 5.89 Å². The number of anilines is 1. The molecule has 1 aliphatic rings. The number of aromatic nitrogens is 2. The molecule has 104 valence electrons. The molecule has 1 amide bonds. The second-order valence-electron chi connectivity index (χ2n) is 5.57. The van der Waals surface area contributed by atoms with Gasteiger partial charge in [0, 0.05) is 18.4 Å². The molecule has 7 heteroatoms. The van der Waals surface area contributed by atoms with Crippen LogP contribution in [0.1, 0.15) is 33.1 Å². The molecule has 1 aromatic rings. The van der Waals surface area contributed by atoms with Crippen LogP contribution in [0, 0.1) is 5.92 Å². The Morgan fingerprint density at radius 1 is 1.42 bits per heavy atom. The Kier molecular flexibility index (Phi) is 3.30. The van der Waals surface area contributed by atoms with E-state index >= 15 is 0 Å². The fraction of sp³-hybridized carbons (Fsp3) is 0.667. The number of ether oxygens (including phenoxy) is 1. The standard InChI is InChI=1S/C12H17N3O4/c1-12(2,3)10-13-14-11(19-10)15-6-7(5-8(15)16)9(17)18-4/h7H,5-6H2,1-4H3. The molecule has 2 rings (SSSR count). The number of nitrogens with zero attached hydrogens (tertiary/aromatic N) is 3. The molecule has 7 nitrogen and oxygen atoms in total. The summed E-state index contributed by atoms with van der Waals surface area (Å²) in [6.07, 6.45) is 0.111. The van der Waals surface area contributed by atoms with E-state index in [-0.39, 0.29) is 30.3 Å². The molecular formula is C12H17N3O4. The molecule has 0 aromatic carbocycles. The van der Waals surface area contributed by atoms with E-state index in [1.807, 2.05) is 20.8 Å². The molecule has 1 aromatic heterocycles. The average Bonchev–Trinajstić information content (AvgIpc) is 2.93. The minimum absolute atomic E-state index is 0.111. The van der Waals surface area contributed by atoms with Crippen LogP contribution in [0.3, 0.4) is 0 Å². The smallest absolute Gasteiger partial charge is 0.325 e. The second kappa shape index (κ2) is 4.64. The van der Waals surface area contributed by atoms with Crippen LogP contribution in [0.5, 0.6) is 0 Å². The quantitative estimate of drug-likeness (QED) is 0.740. The molecule has 1 saturated heterocycles. The van der Waals surface area contributed by atoms with Gasteiger partial charge in [-0.15, -0.1) is 5.10 Å². The zero-order valence-corrected chi connectivity index (χ0v) is 11.5. The maximum atomic E-state index is 11.9. The lowest BCUT2D eigenvalue weighted by Crippen LogP contribution is -2.26. The summed E-state index contributed by atoms with van der Waals surface area (Å²) < 4.78 is 10.1. The number of hydrogen-bond acceptors (Lipinski definition) is 6. The van der Waals surface area contributed by atoms with E-state index in [1.165, 1.54) is 12.0 Å². The highest BCUT2D eigenvalue weighted by Gasteiger charge is 2.38. The first-order chi connectivity index (χ1) is 8.82. The second-order valence-corrected chi connectivity index (χ2v) is 5.57. The summed E-state index contributed by atoms with van der Waals surface area (Å²) in [6.45, 7) is 6.03. The van der Waals surface area contributed by atoms with Crippen LogP contribution < -0.4 is 4.90 Å². The fourth-order valence-corrected chi connectivity index (χ4v) is 1.84. The summed E-state index contributed by atoms with van der Waals surface area (Å²) in [5.41, 5.74) is -0.282. The van der Waals surface area contributed by atoms with Crippen LogP contribution in [-0.2, 0) is 19.7 Å². The molecule has 19 heavy (non-hydrogen) atoms. The van der Waals surface area contributed by atoms with Crippen molar-refractivity contribution < 1.29 is 18.7 Å². The number of rotatable bonds is 2. The predicted octanol–water partition coefficient (Wildman–Crippen LogP) is 0.893. The van der Waals surface area contributed by atoms with Crippen molar-refractivity contribution in [1.82, 2.24) is 10.2 Å². The molecule has 0 aliphatic carbocycles. The van der Waals surface area contributed by atoms with E-state index in [2.05, 4.69) is 14.9 Å². The third-order valence-corrected chi connectivity index (χ3v) is 2.95. The molecule has 0 saturated carbocycles. The van der Waals surface area contributed by atoms with Gasteiger partial charge in [0.1, 0.15) is 0 Å². The summed E-state index contributed by atoms with van der Waals surface area (Å²) >= 11 is 0. The molecule has 0 radical (unpaired) electrons. The topological polar surface area (TPSA) is 85.5 Å². The van der Waals surface area contributed by atoms with Crippen molar-refractivity contribution >= 4 is 17.9 Å². The Morgan fingerprint density at radius 2 is 2.11 bits per heavy atom. The van der Waals surface area contributed by atoms with Gasteiger partial charge in [-0.1, -0.05) is 25.9 Å². The normalized spacial score (nSPS) is 19.9. The van der Waals surface area contributed by atoms with Crippen LogP contribution in [0.15, 0.2) is 4.42 Å². The average molecular weight is 267 g/mol. The molecule has 1 unspecified atom stereocenters. The summed E-state index contributed by atoms with van der Waals surface area (Å²) in [5.74, 6) is -0.620. The van der Waals surface area contributed by atoms with Crippen LogP contribution in [0.25, 0.3) is 0 Å². The highest BCUT2D eigenvalue weighted by Crippen LogP contribution is 2.28. The minimum Gasteiger partial charge on any atom is -0.469 e. The summed E-state index contributed by atoms with van der Waals surface area (Å²) in [7, 11) is 1.31. The van der Waals surface area contributed by atoms with Crippen LogP contribution in [-0.4, -0.2) is 35.7 Å². The molecule has 1 atom stereocenters. The van der Waals surface area contributed by atoms with Gasteiger partial charge < -0.3 is 9.15 Å². The zero-order chi connectivity index (χ0) is 14.2. The lowest BCUT2D eigenvalue weighted by atomic mass is 9.97. The number of carbonyl (C=O) groups is 2. The molecule has 0 N–H and O–H groups in total. The predicted molar refractivity (Wildman–Crippen MR) is 65.5 cm³/mol. The molecule has 0 bridgehead atoms. The number of carbonyl (C=O) groups excluding carboxylic acids is 2. The van der Waals surface area contributed by atoms with Crippen molar-refractivity contribution in [1.29, 1.82) is 0 Å². The Balaban J connectivity index is 2.17. The SMILES string of the molecule is COC(=O)C1CC(=O)N(c2nnc(C(C)(C)C)o2)C1. The molecule has 0 spiro atoms. The van der Waals surface area contributed by atoms with Crippen molar-refractivity contribution in [3.63, 3.8) is 0 Å². The first-order valence-electron chi connectivity index (χ1n) is 6.05. The lowest BCUT2D eigenvalue weighted by Gasteiger charge is -2.13. The van der Waals surface area contributed by atoms with E-state index in [0.717, 1.165) is 0 Å². The number of hydrogen-bond donors (Lipinski definition) is 0. The van der Waals surface area contributed by atoms with Crippen molar-refractivity contribution in [2.45, 2.75) is 32.6 Å². The van der Waals surface area contributed by atoms with Crippen molar-refractivity contribution in [3.05, 3.63) is 5.89 Å².